The van der Waals surface area contributed by atoms with Crippen LogP contribution in [0.5, 0.6) is 0 Å². The molecule has 0 amide bonds. The molecule has 0 aliphatic heterocycles. The molecule has 2 aromatic heterocycles. The minimum Gasteiger partial charge on any atom is -0.391 e. The Morgan fingerprint density at radius 2 is 2.11 bits per heavy atom. The van der Waals surface area contributed by atoms with Crippen molar-refractivity contribution in [2.45, 2.75) is 44.8 Å². The number of aliphatic hydroxyl groups excluding tert-OH is 1. The Morgan fingerprint density at radius 3 is 2.89 bits per heavy atom. The standard InChI is InChI=1S/C13H19N5O/c1-9-15-16-13-12(14-7-8-18(9)13)17(2)10-5-3-4-6-11(10)19/h7-8,10-11,19H,3-6H2,1-2H3. The molecule has 0 bridgehead atoms. The smallest absolute Gasteiger partial charge is 0.203 e. The van der Waals surface area contributed by atoms with Crippen LogP contribution in [0.15, 0.2) is 12.4 Å². The molecule has 1 N–H and O–H groups in total. The Morgan fingerprint density at radius 1 is 1.32 bits per heavy atom. The Labute approximate surface area is 112 Å². The molecular weight excluding hydrogens is 242 g/mol. The number of aromatic nitrogens is 4. The zero-order valence-corrected chi connectivity index (χ0v) is 11.3. The van der Waals surface area contributed by atoms with Gasteiger partial charge in [-0.05, 0) is 19.8 Å². The highest BCUT2D eigenvalue weighted by atomic mass is 16.3. The topological polar surface area (TPSA) is 66.5 Å². The first-order valence-corrected chi connectivity index (χ1v) is 6.75. The van der Waals surface area contributed by atoms with Crippen LogP contribution in [0, 0.1) is 6.92 Å². The molecule has 3 rings (SSSR count). The number of hydrogen-bond acceptors (Lipinski definition) is 5. The molecule has 6 nitrogen and oxygen atoms in total. The summed E-state index contributed by atoms with van der Waals surface area (Å²) >= 11 is 0. The van der Waals surface area contributed by atoms with Crippen LogP contribution in [0.25, 0.3) is 5.65 Å². The molecule has 102 valence electrons. The average molecular weight is 261 g/mol. The van der Waals surface area contributed by atoms with Gasteiger partial charge in [0, 0.05) is 19.4 Å². The van der Waals surface area contributed by atoms with Gasteiger partial charge in [0.15, 0.2) is 5.82 Å². The summed E-state index contributed by atoms with van der Waals surface area (Å²) in [4.78, 5) is 6.47. The fourth-order valence-corrected chi connectivity index (χ4v) is 2.88. The van der Waals surface area contributed by atoms with Gasteiger partial charge in [0.2, 0.25) is 5.65 Å². The molecule has 2 aromatic rings. The van der Waals surface area contributed by atoms with Crippen molar-refractivity contribution in [1.82, 2.24) is 19.6 Å². The first-order valence-electron chi connectivity index (χ1n) is 6.75. The first-order chi connectivity index (χ1) is 9.18. The van der Waals surface area contributed by atoms with Crippen molar-refractivity contribution in [3.05, 3.63) is 18.2 Å². The summed E-state index contributed by atoms with van der Waals surface area (Å²) in [6.45, 7) is 1.92. The van der Waals surface area contributed by atoms with E-state index in [4.69, 9.17) is 0 Å². The van der Waals surface area contributed by atoms with E-state index >= 15 is 0 Å². The molecule has 1 saturated carbocycles. The summed E-state index contributed by atoms with van der Waals surface area (Å²) in [5.41, 5.74) is 0.750. The molecule has 1 fully saturated rings. The SMILES string of the molecule is Cc1nnc2c(N(C)C3CCCCC3O)nccn12. The molecule has 0 saturated heterocycles. The minimum atomic E-state index is -0.287. The van der Waals surface area contributed by atoms with Crippen molar-refractivity contribution in [2.24, 2.45) is 0 Å². The van der Waals surface area contributed by atoms with Crippen molar-refractivity contribution < 1.29 is 5.11 Å². The predicted molar refractivity (Wildman–Crippen MR) is 72.2 cm³/mol. The number of aryl methyl sites for hydroxylation is 1. The van der Waals surface area contributed by atoms with Gasteiger partial charge in [-0.1, -0.05) is 12.8 Å². The number of hydrogen-bond donors (Lipinski definition) is 1. The second-order valence-electron chi connectivity index (χ2n) is 5.22. The molecule has 1 aliphatic rings. The highest BCUT2D eigenvalue weighted by Gasteiger charge is 2.28. The molecule has 2 atom stereocenters. The number of nitrogens with zero attached hydrogens (tertiary/aromatic N) is 5. The van der Waals surface area contributed by atoms with Crippen LogP contribution in [-0.2, 0) is 0 Å². The van der Waals surface area contributed by atoms with Crippen LogP contribution in [0.1, 0.15) is 31.5 Å². The predicted octanol–water partition coefficient (Wildman–Crippen LogP) is 1.17. The van der Waals surface area contributed by atoms with Crippen molar-refractivity contribution >= 4 is 11.5 Å². The van der Waals surface area contributed by atoms with E-state index in [1.165, 1.54) is 0 Å². The van der Waals surface area contributed by atoms with Gasteiger partial charge in [-0.3, -0.25) is 4.40 Å². The van der Waals surface area contributed by atoms with E-state index in [1.807, 2.05) is 29.5 Å². The molecule has 0 radical (unpaired) electrons. The van der Waals surface area contributed by atoms with E-state index in [0.717, 1.165) is 43.0 Å². The Bertz CT molecular complexity index is 581. The van der Waals surface area contributed by atoms with Gasteiger partial charge in [0.05, 0.1) is 12.1 Å². The Hall–Kier alpha value is -1.69. The van der Waals surface area contributed by atoms with Gasteiger partial charge in [0.1, 0.15) is 5.82 Å². The average Bonchev–Trinajstić information content (AvgIpc) is 2.80. The van der Waals surface area contributed by atoms with Crippen LogP contribution < -0.4 is 4.90 Å². The van der Waals surface area contributed by atoms with Gasteiger partial charge in [-0.25, -0.2) is 4.98 Å². The summed E-state index contributed by atoms with van der Waals surface area (Å²) in [6, 6.07) is 0.115. The summed E-state index contributed by atoms with van der Waals surface area (Å²) in [7, 11) is 1.98. The third kappa shape index (κ3) is 2.06. The second kappa shape index (κ2) is 4.77. The van der Waals surface area contributed by atoms with Gasteiger partial charge in [-0.15, -0.1) is 10.2 Å². The number of aliphatic hydroxyl groups is 1. The van der Waals surface area contributed by atoms with E-state index in [0.29, 0.717) is 0 Å². The summed E-state index contributed by atoms with van der Waals surface area (Å²) in [5, 5.41) is 18.4. The maximum Gasteiger partial charge on any atom is 0.203 e. The van der Waals surface area contributed by atoms with Gasteiger partial charge in [-0.2, -0.15) is 0 Å². The lowest BCUT2D eigenvalue weighted by molar-refractivity contribution is 0.106. The summed E-state index contributed by atoms with van der Waals surface area (Å²) in [5.74, 6) is 1.63. The van der Waals surface area contributed by atoms with E-state index in [9.17, 15) is 5.11 Å². The molecule has 1 aliphatic carbocycles. The third-order valence-electron chi connectivity index (χ3n) is 4.00. The third-order valence-corrected chi connectivity index (χ3v) is 4.00. The first kappa shape index (κ1) is 12.3. The molecule has 0 spiro atoms. The summed E-state index contributed by atoms with van der Waals surface area (Å²) < 4.78 is 1.92. The molecule has 6 heteroatoms. The lowest BCUT2D eigenvalue weighted by atomic mass is 9.91. The lowest BCUT2D eigenvalue weighted by Crippen LogP contribution is -2.44. The maximum absolute atomic E-state index is 10.2. The van der Waals surface area contributed by atoms with Crippen LogP contribution in [0.4, 0.5) is 5.82 Å². The highest BCUT2D eigenvalue weighted by Crippen LogP contribution is 2.27. The molecule has 19 heavy (non-hydrogen) atoms. The van der Waals surface area contributed by atoms with Crippen molar-refractivity contribution in [1.29, 1.82) is 0 Å². The van der Waals surface area contributed by atoms with Gasteiger partial charge >= 0.3 is 0 Å². The fourth-order valence-electron chi connectivity index (χ4n) is 2.88. The zero-order chi connectivity index (χ0) is 13.4. The number of likely N-dealkylation sites (N-methyl/N-ethyl adjacent to an activating group) is 1. The fraction of sp³-hybridized carbons (Fsp3) is 0.615. The van der Waals surface area contributed by atoms with Crippen LogP contribution in [0.2, 0.25) is 0 Å². The van der Waals surface area contributed by atoms with Gasteiger partial charge in [0.25, 0.3) is 0 Å². The highest BCUT2D eigenvalue weighted by molar-refractivity contribution is 5.63. The van der Waals surface area contributed by atoms with Crippen molar-refractivity contribution in [3.8, 4) is 0 Å². The normalized spacial score (nSPS) is 23.7. The number of fused-ring (bicyclic) bond motifs is 1. The largest absolute Gasteiger partial charge is 0.391 e. The minimum absolute atomic E-state index is 0.115. The monoisotopic (exact) mass is 261 g/mol. The van der Waals surface area contributed by atoms with Crippen molar-refractivity contribution in [2.75, 3.05) is 11.9 Å². The van der Waals surface area contributed by atoms with E-state index < -0.39 is 0 Å². The summed E-state index contributed by atoms with van der Waals surface area (Å²) in [6.07, 6.45) is 7.44. The van der Waals surface area contributed by atoms with E-state index in [-0.39, 0.29) is 12.1 Å². The Kier molecular flexibility index (Phi) is 3.10. The molecule has 2 heterocycles. The number of rotatable bonds is 2. The molecule has 2 unspecified atom stereocenters. The van der Waals surface area contributed by atoms with E-state index in [2.05, 4.69) is 15.2 Å². The van der Waals surface area contributed by atoms with Crippen LogP contribution in [0.3, 0.4) is 0 Å². The maximum atomic E-state index is 10.2. The van der Waals surface area contributed by atoms with Crippen LogP contribution in [-0.4, -0.2) is 43.9 Å². The van der Waals surface area contributed by atoms with Gasteiger partial charge < -0.3 is 10.0 Å². The lowest BCUT2D eigenvalue weighted by Gasteiger charge is -2.35. The molecular formula is C13H19N5O. The van der Waals surface area contributed by atoms with Crippen molar-refractivity contribution in [3.63, 3.8) is 0 Å². The second-order valence-corrected chi connectivity index (χ2v) is 5.22. The quantitative estimate of drug-likeness (QED) is 0.879. The zero-order valence-electron chi connectivity index (χ0n) is 11.3. The number of anilines is 1. The van der Waals surface area contributed by atoms with E-state index in [1.54, 1.807) is 6.20 Å². The Balaban J connectivity index is 1.99. The molecule has 0 aromatic carbocycles. The van der Waals surface area contributed by atoms with Crippen LogP contribution >= 0.6 is 0 Å².